The van der Waals surface area contributed by atoms with Crippen molar-refractivity contribution in [2.24, 2.45) is 0 Å². The van der Waals surface area contributed by atoms with Crippen LogP contribution < -0.4 is 0 Å². The number of sulfonamides is 1. The van der Waals surface area contributed by atoms with E-state index >= 15 is 0 Å². The standard InChI is InChI=1S/C12H18ClNO3S/c1-10-4-5-12(8-11(10)9-13)18(15,16)14(2)6-7-17-3/h4-5,8H,6-7,9H2,1-3H3. The summed E-state index contributed by atoms with van der Waals surface area (Å²) in [4.78, 5) is 0.266. The van der Waals surface area contributed by atoms with Crippen molar-refractivity contribution in [1.29, 1.82) is 0 Å². The van der Waals surface area contributed by atoms with Gasteiger partial charge in [0.2, 0.25) is 10.0 Å². The molecule has 0 aromatic heterocycles. The van der Waals surface area contributed by atoms with Crippen LogP contribution in [0.25, 0.3) is 0 Å². The molecule has 1 rings (SSSR count). The van der Waals surface area contributed by atoms with Crippen LogP contribution in [0.15, 0.2) is 23.1 Å². The summed E-state index contributed by atoms with van der Waals surface area (Å²) >= 11 is 5.79. The Morgan fingerprint density at radius 2 is 2.06 bits per heavy atom. The minimum atomic E-state index is -3.47. The monoisotopic (exact) mass is 291 g/mol. The van der Waals surface area contributed by atoms with E-state index in [0.717, 1.165) is 11.1 Å². The Balaban J connectivity index is 3.05. The van der Waals surface area contributed by atoms with Crippen molar-refractivity contribution in [3.05, 3.63) is 29.3 Å². The van der Waals surface area contributed by atoms with Crippen LogP contribution in [-0.2, 0) is 20.6 Å². The SMILES string of the molecule is COCCN(C)S(=O)(=O)c1ccc(C)c(CCl)c1. The molecule has 0 aliphatic rings. The van der Waals surface area contributed by atoms with E-state index < -0.39 is 10.0 Å². The molecule has 1 aromatic rings. The molecule has 4 nitrogen and oxygen atoms in total. The first-order valence-electron chi connectivity index (χ1n) is 5.54. The van der Waals surface area contributed by atoms with Gasteiger partial charge in [-0.1, -0.05) is 6.07 Å². The van der Waals surface area contributed by atoms with Crippen LogP contribution in [0.3, 0.4) is 0 Å². The van der Waals surface area contributed by atoms with Crippen LogP contribution in [0.5, 0.6) is 0 Å². The molecule has 0 spiro atoms. The highest BCUT2D eigenvalue weighted by Gasteiger charge is 2.20. The summed E-state index contributed by atoms with van der Waals surface area (Å²) in [7, 11) is -0.390. The topological polar surface area (TPSA) is 46.6 Å². The van der Waals surface area contributed by atoms with Gasteiger partial charge in [0.15, 0.2) is 0 Å². The summed E-state index contributed by atoms with van der Waals surface area (Å²) in [5.41, 5.74) is 1.82. The Bertz CT molecular complexity index is 502. The van der Waals surface area contributed by atoms with E-state index in [-0.39, 0.29) is 4.90 Å². The number of rotatable bonds is 6. The lowest BCUT2D eigenvalue weighted by atomic mass is 10.1. The predicted octanol–water partition coefficient (Wildman–Crippen LogP) is 2.00. The highest BCUT2D eigenvalue weighted by molar-refractivity contribution is 7.89. The van der Waals surface area contributed by atoms with Gasteiger partial charge in [-0.25, -0.2) is 8.42 Å². The molecule has 0 heterocycles. The Morgan fingerprint density at radius 3 is 2.61 bits per heavy atom. The molecule has 0 fully saturated rings. The van der Waals surface area contributed by atoms with Crippen molar-refractivity contribution < 1.29 is 13.2 Å². The van der Waals surface area contributed by atoms with Crippen LogP contribution in [0, 0.1) is 6.92 Å². The van der Waals surface area contributed by atoms with Gasteiger partial charge in [0, 0.05) is 26.6 Å². The van der Waals surface area contributed by atoms with Crippen LogP contribution in [0.4, 0.5) is 0 Å². The number of ether oxygens (including phenoxy) is 1. The summed E-state index contributed by atoms with van der Waals surface area (Å²) < 4.78 is 30.6. The van der Waals surface area contributed by atoms with Crippen LogP contribution >= 0.6 is 11.6 Å². The number of hydrogen-bond donors (Lipinski definition) is 0. The molecule has 0 saturated carbocycles. The molecule has 0 N–H and O–H groups in total. The van der Waals surface area contributed by atoms with Gasteiger partial charge in [-0.15, -0.1) is 11.6 Å². The molecule has 0 bridgehead atoms. The molecule has 0 aliphatic heterocycles. The normalized spacial score (nSPS) is 12.1. The largest absolute Gasteiger partial charge is 0.383 e. The van der Waals surface area contributed by atoms with Crippen molar-refractivity contribution >= 4 is 21.6 Å². The minimum Gasteiger partial charge on any atom is -0.383 e. The van der Waals surface area contributed by atoms with Crippen molar-refractivity contribution in [1.82, 2.24) is 4.31 Å². The number of aryl methyl sites for hydroxylation is 1. The quantitative estimate of drug-likeness (QED) is 0.753. The maximum atomic E-state index is 12.2. The van der Waals surface area contributed by atoms with Crippen LogP contribution in [0.2, 0.25) is 0 Å². The van der Waals surface area contributed by atoms with Crippen LogP contribution in [-0.4, -0.2) is 40.0 Å². The Kier molecular flexibility index (Phi) is 5.59. The average Bonchev–Trinajstić information content (AvgIpc) is 2.36. The molecule has 0 saturated heterocycles. The molecule has 18 heavy (non-hydrogen) atoms. The highest BCUT2D eigenvalue weighted by Crippen LogP contribution is 2.19. The second-order valence-electron chi connectivity index (χ2n) is 4.04. The third-order valence-electron chi connectivity index (χ3n) is 2.78. The number of methoxy groups -OCH3 is 1. The number of likely N-dealkylation sites (N-methyl/N-ethyl adjacent to an activating group) is 1. The zero-order chi connectivity index (χ0) is 13.8. The average molecular weight is 292 g/mol. The number of nitrogens with zero attached hydrogens (tertiary/aromatic N) is 1. The van der Waals surface area contributed by atoms with Crippen molar-refractivity contribution in [3.8, 4) is 0 Å². The van der Waals surface area contributed by atoms with Crippen molar-refractivity contribution in [2.75, 3.05) is 27.3 Å². The summed E-state index contributed by atoms with van der Waals surface area (Å²) in [6, 6.07) is 5.00. The van der Waals surface area contributed by atoms with Crippen molar-refractivity contribution in [3.63, 3.8) is 0 Å². The van der Waals surface area contributed by atoms with E-state index in [4.69, 9.17) is 16.3 Å². The van der Waals surface area contributed by atoms with Crippen molar-refractivity contribution in [2.45, 2.75) is 17.7 Å². The van der Waals surface area contributed by atoms with E-state index in [2.05, 4.69) is 0 Å². The molecule has 102 valence electrons. The Labute approximate surface area is 114 Å². The fourth-order valence-electron chi connectivity index (χ4n) is 1.47. The predicted molar refractivity (Wildman–Crippen MR) is 72.4 cm³/mol. The van der Waals surface area contributed by atoms with Gasteiger partial charge in [-0.05, 0) is 30.2 Å². The van der Waals surface area contributed by atoms with Gasteiger partial charge in [0.1, 0.15) is 0 Å². The molecular formula is C12H18ClNO3S. The third kappa shape index (κ3) is 3.45. The fraction of sp³-hybridized carbons (Fsp3) is 0.500. The van der Waals surface area contributed by atoms with E-state index in [0.29, 0.717) is 19.0 Å². The number of hydrogen-bond acceptors (Lipinski definition) is 3. The van der Waals surface area contributed by atoms with Crippen LogP contribution in [0.1, 0.15) is 11.1 Å². The fourth-order valence-corrected chi connectivity index (χ4v) is 2.97. The maximum absolute atomic E-state index is 12.2. The highest BCUT2D eigenvalue weighted by atomic mass is 35.5. The Hall–Kier alpha value is -0.620. The number of alkyl halides is 1. The van der Waals surface area contributed by atoms with E-state index in [1.165, 1.54) is 18.5 Å². The van der Waals surface area contributed by atoms with Gasteiger partial charge >= 0.3 is 0 Å². The second-order valence-corrected chi connectivity index (χ2v) is 6.35. The van der Waals surface area contributed by atoms with Gasteiger partial charge in [0.05, 0.1) is 11.5 Å². The summed E-state index contributed by atoms with van der Waals surface area (Å²) in [6.45, 7) is 2.59. The summed E-state index contributed by atoms with van der Waals surface area (Å²) in [5.74, 6) is 0.303. The maximum Gasteiger partial charge on any atom is 0.242 e. The smallest absolute Gasteiger partial charge is 0.242 e. The third-order valence-corrected chi connectivity index (χ3v) is 4.92. The van der Waals surface area contributed by atoms with Gasteiger partial charge < -0.3 is 4.74 Å². The molecular weight excluding hydrogens is 274 g/mol. The van der Waals surface area contributed by atoms with E-state index in [1.807, 2.05) is 6.92 Å². The zero-order valence-electron chi connectivity index (χ0n) is 10.8. The lowest BCUT2D eigenvalue weighted by molar-refractivity contribution is 0.185. The van der Waals surface area contributed by atoms with E-state index in [1.54, 1.807) is 18.2 Å². The van der Waals surface area contributed by atoms with E-state index in [9.17, 15) is 8.42 Å². The zero-order valence-corrected chi connectivity index (χ0v) is 12.4. The summed E-state index contributed by atoms with van der Waals surface area (Å²) in [6.07, 6.45) is 0. The molecule has 0 radical (unpaired) electrons. The number of benzene rings is 1. The molecule has 1 aromatic carbocycles. The first-order chi connectivity index (χ1) is 8.43. The molecule has 0 aliphatic carbocycles. The number of halogens is 1. The first-order valence-corrected chi connectivity index (χ1v) is 7.51. The summed E-state index contributed by atoms with van der Waals surface area (Å²) in [5, 5.41) is 0. The minimum absolute atomic E-state index is 0.266. The van der Waals surface area contributed by atoms with Gasteiger partial charge in [-0.2, -0.15) is 4.31 Å². The molecule has 0 atom stereocenters. The lowest BCUT2D eigenvalue weighted by Gasteiger charge is -2.17. The van der Waals surface area contributed by atoms with Gasteiger partial charge in [0.25, 0.3) is 0 Å². The Morgan fingerprint density at radius 1 is 1.39 bits per heavy atom. The van der Waals surface area contributed by atoms with Gasteiger partial charge in [-0.3, -0.25) is 0 Å². The first kappa shape index (κ1) is 15.4. The molecule has 0 amide bonds. The molecule has 6 heteroatoms. The second kappa shape index (κ2) is 6.52. The lowest BCUT2D eigenvalue weighted by Crippen LogP contribution is -2.30. The molecule has 0 unspecified atom stereocenters.